The molecule has 2 aromatic carbocycles. The molecular weight excluding hydrogens is 244 g/mol. The normalized spacial score (nSPS) is 8.94. The predicted octanol–water partition coefficient (Wildman–Crippen LogP) is 5.02. The highest BCUT2D eigenvalue weighted by molar-refractivity contribution is 6.30. The van der Waals surface area contributed by atoms with Gasteiger partial charge in [-0.2, -0.15) is 0 Å². The van der Waals surface area contributed by atoms with Crippen LogP contribution < -0.4 is 0 Å². The van der Waals surface area contributed by atoms with E-state index in [1.807, 2.05) is 36.4 Å². The summed E-state index contributed by atoms with van der Waals surface area (Å²) in [6.07, 6.45) is 3.41. The molecule has 0 aliphatic carbocycles. The van der Waals surface area contributed by atoms with Crippen LogP contribution in [0.1, 0.15) is 11.1 Å². The van der Waals surface area contributed by atoms with E-state index in [0.717, 1.165) is 16.1 Å². The Hall–Kier alpha value is -1.99. The van der Waals surface area contributed by atoms with Gasteiger partial charge in [0.1, 0.15) is 5.75 Å². The number of halogens is 1. The number of para-hydroxylation sites is 1. The average molecular weight is 259 g/mol. The zero-order valence-corrected chi connectivity index (χ0v) is 10.8. The molecule has 0 saturated heterocycles. The van der Waals surface area contributed by atoms with Gasteiger partial charge in [0.25, 0.3) is 0 Å². The number of hydrogen-bond acceptors (Lipinski definition) is 1. The molecule has 0 bridgehead atoms. The number of aromatic hydroxyl groups is 1. The molecule has 2 heteroatoms. The van der Waals surface area contributed by atoms with Crippen molar-refractivity contribution in [3.63, 3.8) is 0 Å². The molecule has 18 heavy (non-hydrogen) atoms. The van der Waals surface area contributed by atoms with Gasteiger partial charge in [0.2, 0.25) is 0 Å². The first-order chi connectivity index (χ1) is 8.67. The Morgan fingerprint density at radius 3 is 1.94 bits per heavy atom. The van der Waals surface area contributed by atoms with Gasteiger partial charge in [-0.15, -0.1) is 0 Å². The van der Waals surface area contributed by atoms with E-state index in [1.165, 1.54) is 0 Å². The van der Waals surface area contributed by atoms with E-state index < -0.39 is 0 Å². The van der Waals surface area contributed by atoms with Gasteiger partial charge < -0.3 is 5.11 Å². The summed E-state index contributed by atoms with van der Waals surface area (Å²) in [6, 6.07) is 14.6. The van der Waals surface area contributed by atoms with E-state index in [1.54, 1.807) is 24.3 Å². The third-order valence-electron chi connectivity index (χ3n) is 2.26. The van der Waals surface area contributed by atoms with Crippen molar-refractivity contribution in [3.8, 4) is 5.75 Å². The van der Waals surface area contributed by atoms with Crippen molar-refractivity contribution in [2.45, 2.75) is 0 Å². The smallest absolute Gasteiger partial charge is 0.122 e. The topological polar surface area (TPSA) is 20.2 Å². The van der Waals surface area contributed by atoms with Gasteiger partial charge in [-0.1, -0.05) is 67.2 Å². The van der Waals surface area contributed by atoms with Crippen LogP contribution in [0.4, 0.5) is 0 Å². The van der Waals surface area contributed by atoms with Crippen LogP contribution in [0.3, 0.4) is 0 Å². The third-order valence-corrected chi connectivity index (χ3v) is 2.51. The lowest BCUT2D eigenvalue weighted by atomic mass is 10.2. The number of phenols is 1. The Balaban J connectivity index is 0.000000180. The number of phenolic OH excluding ortho intramolecular Hbond substituents is 1. The van der Waals surface area contributed by atoms with Gasteiger partial charge in [0.15, 0.2) is 0 Å². The highest BCUT2D eigenvalue weighted by Crippen LogP contribution is 2.15. The van der Waals surface area contributed by atoms with Crippen LogP contribution in [0.15, 0.2) is 61.7 Å². The van der Waals surface area contributed by atoms with Crippen LogP contribution in [0.2, 0.25) is 5.02 Å². The van der Waals surface area contributed by atoms with Gasteiger partial charge in [-0.25, -0.2) is 0 Å². The quantitative estimate of drug-likeness (QED) is 0.802. The van der Waals surface area contributed by atoms with Crippen LogP contribution in [0, 0.1) is 0 Å². The Labute approximate surface area is 113 Å². The van der Waals surface area contributed by atoms with E-state index in [9.17, 15) is 0 Å². The van der Waals surface area contributed by atoms with Gasteiger partial charge >= 0.3 is 0 Å². The van der Waals surface area contributed by atoms with Crippen molar-refractivity contribution in [1.29, 1.82) is 0 Å². The molecule has 0 amide bonds. The van der Waals surface area contributed by atoms with Crippen molar-refractivity contribution < 1.29 is 5.11 Å². The predicted molar refractivity (Wildman–Crippen MR) is 79.7 cm³/mol. The fourth-order valence-corrected chi connectivity index (χ4v) is 1.38. The summed E-state index contributed by atoms with van der Waals surface area (Å²) in [7, 11) is 0. The summed E-state index contributed by atoms with van der Waals surface area (Å²) >= 11 is 5.63. The Kier molecular flexibility index (Phi) is 5.75. The minimum absolute atomic E-state index is 0.285. The molecule has 0 unspecified atom stereocenters. The molecule has 0 aliphatic rings. The van der Waals surface area contributed by atoms with Crippen LogP contribution in [0.25, 0.3) is 12.2 Å². The van der Waals surface area contributed by atoms with Gasteiger partial charge in [-0.05, 0) is 23.8 Å². The Morgan fingerprint density at radius 2 is 1.50 bits per heavy atom. The molecule has 0 aromatic heterocycles. The molecule has 0 spiro atoms. The van der Waals surface area contributed by atoms with Crippen LogP contribution >= 0.6 is 11.6 Å². The molecule has 0 fully saturated rings. The van der Waals surface area contributed by atoms with Crippen LogP contribution in [0.5, 0.6) is 5.75 Å². The first kappa shape index (κ1) is 14.1. The minimum Gasteiger partial charge on any atom is -0.507 e. The summed E-state index contributed by atoms with van der Waals surface area (Å²) in [5, 5.41) is 9.80. The van der Waals surface area contributed by atoms with E-state index in [0.29, 0.717) is 0 Å². The second kappa shape index (κ2) is 7.36. The fraction of sp³-hybridized carbons (Fsp3) is 0. The molecule has 0 aliphatic heterocycles. The maximum absolute atomic E-state index is 9.04. The number of benzene rings is 2. The van der Waals surface area contributed by atoms with Gasteiger partial charge in [-0.3, -0.25) is 0 Å². The summed E-state index contributed by atoms with van der Waals surface area (Å²) in [6.45, 7) is 7.15. The van der Waals surface area contributed by atoms with Crippen molar-refractivity contribution in [2.24, 2.45) is 0 Å². The second-order valence-corrected chi connectivity index (χ2v) is 3.96. The third kappa shape index (κ3) is 4.48. The summed E-state index contributed by atoms with van der Waals surface area (Å²) in [5.74, 6) is 0.285. The Bertz CT molecular complexity index is 515. The highest BCUT2D eigenvalue weighted by atomic mass is 35.5. The fourth-order valence-electron chi connectivity index (χ4n) is 1.26. The van der Waals surface area contributed by atoms with Gasteiger partial charge in [0.05, 0.1) is 0 Å². The summed E-state index contributed by atoms with van der Waals surface area (Å²) in [4.78, 5) is 0. The zero-order valence-electron chi connectivity index (χ0n) is 10.0. The molecule has 2 aromatic rings. The highest BCUT2D eigenvalue weighted by Gasteiger charge is 1.89. The van der Waals surface area contributed by atoms with E-state index in [4.69, 9.17) is 16.7 Å². The lowest BCUT2D eigenvalue weighted by molar-refractivity contribution is 0.474. The minimum atomic E-state index is 0.285. The van der Waals surface area contributed by atoms with Crippen molar-refractivity contribution in [2.75, 3.05) is 0 Å². The molecular formula is C16H15ClO. The molecule has 0 saturated carbocycles. The number of rotatable bonds is 2. The molecule has 1 nitrogen and oxygen atoms in total. The summed E-state index contributed by atoms with van der Waals surface area (Å²) < 4.78 is 0. The standard InChI is InChI=1S/C8H7Cl.C8H8O/c1-2-7-3-5-8(9)6-4-7;1-2-7-5-3-4-6-8(7)9/h2-6H,1H2;2-6,9H,1H2. The molecule has 0 heterocycles. The van der Waals surface area contributed by atoms with Gasteiger partial charge in [0, 0.05) is 10.6 Å². The molecule has 2 rings (SSSR count). The van der Waals surface area contributed by atoms with Crippen molar-refractivity contribution in [3.05, 3.63) is 77.8 Å². The van der Waals surface area contributed by atoms with E-state index in [2.05, 4.69) is 13.2 Å². The zero-order chi connectivity index (χ0) is 13.4. The lowest BCUT2D eigenvalue weighted by Crippen LogP contribution is -1.69. The van der Waals surface area contributed by atoms with E-state index in [-0.39, 0.29) is 5.75 Å². The number of hydrogen-bond donors (Lipinski definition) is 1. The van der Waals surface area contributed by atoms with Crippen molar-refractivity contribution >= 4 is 23.8 Å². The molecule has 1 N–H and O–H groups in total. The molecule has 0 atom stereocenters. The maximum atomic E-state index is 9.04. The monoisotopic (exact) mass is 258 g/mol. The van der Waals surface area contributed by atoms with E-state index >= 15 is 0 Å². The van der Waals surface area contributed by atoms with Crippen LogP contribution in [-0.2, 0) is 0 Å². The average Bonchev–Trinajstić information content (AvgIpc) is 2.41. The first-order valence-electron chi connectivity index (χ1n) is 5.46. The Morgan fingerprint density at radius 1 is 0.889 bits per heavy atom. The largest absolute Gasteiger partial charge is 0.507 e. The van der Waals surface area contributed by atoms with Crippen LogP contribution in [-0.4, -0.2) is 5.11 Å². The van der Waals surface area contributed by atoms with Crippen molar-refractivity contribution in [1.82, 2.24) is 0 Å². The first-order valence-corrected chi connectivity index (χ1v) is 5.83. The molecule has 92 valence electrons. The summed E-state index contributed by atoms with van der Waals surface area (Å²) in [5.41, 5.74) is 1.87. The maximum Gasteiger partial charge on any atom is 0.122 e. The molecule has 0 radical (unpaired) electrons. The SMILES string of the molecule is C=Cc1ccc(Cl)cc1.C=Cc1ccccc1O. The second-order valence-electron chi connectivity index (χ2n) is 3.52. The lowest BCUT2D eigenvalue weighted by Gasteiger charge is -1.93.